The Bertz CT molecular complexity index is 538. The number of nitrogens with zero attached hydrogens (tertiary/aromatic N) is 1. The van der Waals surface area contributed by atoms with Gasteiger partial charge in [0, 0.05) is 12.1 Å². The maximum Gasteiger partial charge on any atom is 0.355 e. The number of rotatable bonds is 2. The topological polar surface area (TPSA) is 113 Å². The van der Waals surface area contributed by atoms with E-state index in [1.54, 1.807) is 0 Å². The monoisotopic (exact) mass is 254 g/mol. The van der Waals surface area contributed by atoms with Crippen molar-refractivity contribution in [3.05, 3.63) is 18.2 Å². The van der Waals surface area contributed by atoms with Crippen LogP contribution < -0.4 is 4.57 Å². The second-order valence-corrected chi connectivity index (χ2v) is 5.45. The predicted molar refractivity (Wildman–Crippen MR) is 47.2 cm³/mol. The summed E-state index contributed by atoms with van der Waals surface area (Å²) in [5.74, 6) is 0. The third-order valence-corrected chi connectivity index (χ3v) is 3.54. The highest BCUT2D eigenvalue weighted by Crippen LogP contribution is 2.07. The van der Waals surface area contributed by atoms with Crippen molar-refractivity contribution in [2.75, 3.05) is 0 Å². The van der Waals surface area contributed by atoms with Crippen LogP contribution in [0.1, 0.15) is 0 Å². The highest BCUT2D eigenvalue weighted by atomic mass is 32.2. The second kappa shape index (κ2) is 3.52. The van der Waals surface area contributed by atoms with Crippen molar-refractivity contribution in [3.8, 4) is 0 Å². The van der Waals surface area contributed by atoms with Crippen LogP contribution in [0.15, 0.2) is 28.3 Å². The highest BCUT2D eigenvalue weighted by molar-refractivity contribution is 7.86. The van der Waals surface area contributed by atoms with E-state index in [1.165, 1.54) is 0 Å². The van der Waals surface area contributed by atoms with E-state index in [0.29, 0.717) is 4.57 Å². The summed E-state index contributed by atoms with van der Waals surface area (Å²) in [6.45, 7) is 0. The predicted octanol–water partition coefficient (Wildman–Crippen LogP) is -0.995. The van der Waals surface area contributed by atoms with Gasteiger partial charge in [0.1, 0.15) is 7.05 Å². The molecule has 2 N–H and O–H groups in total. The summed E-state index contributed by atoms with van der Waals surface area (Å²) >= 11 is 0. The number of hydrogen-bond donors (Lipinski definition) is 2. The molecular weight excluding hydrogens is 246 g/mol. The molecule has 0 amide bonds. The van der Waals surface area contributed by atoms with E-state index in [2.05, 4.69) is 0 Å². The Morgan fingerprint density at radius 2 is 1.33 bits per heavy atom. The largest absolute Gasteiger partial charge is 0.355 e. The first-order valence-corrected chi connectivity index (χ1v) is 6.46. The fourth-order valence-electron chi connectivity index (χ4n) is 1.06. The van der Waals surface area contributed by atoms with Crippen LogP contribution in [-0.4, -0.2) is 25.9 Å². The van der Waals surface area contributed by atoms with Gasteiger partial charge in [0.05, 0.1) is 0 Å². The van der Waals surface area contributed by atoms with Crippen LogP contribution in [0.3, 0.4) is 0 Å². The summed E-state index contributed by atoms with van der Waals surface area (Å²) in [7, 11) is -7.97. The molecule has 84 valence electrons. The third kappa shape index (κ3) is 2.50. The first-order valence-electron chi connectivity index (χ1n) is 3.58. The molecule has 0 aliphatic rings. The van der Waals surface area contributed by atoms with E-state index in [1.807, 2.05) is 0 Å². The average molecular weight is 254 g/mol. The summed E-state index contributed by atoms with van der Waals surface area (Å²) in [5.41, 5.74) is 0. The van der Waals surface area contributed by atoms with E-state index in [-0.39, 0.29) is 0 Å². The molecule has 1 heterocycles. The minimum absolute atomic E-state index is 0.627. The fourth-order valence-corrected chi connectivity index (χ4v) is 2.51. The van der Waals surface area contributed by atoms with Gasteiger partial charge in [-0.3, -0.25) is 9.11 Å². The van der Waals surface area contributed by atoms with E-state index in [4.69, 9.17) is 9.11 Å². The fraction of sp³-hybridized carbons (Fsp3) is 0.167. The Balaban J connectivity index is 3.65. The smallest absolute Gasteiger partial charge is 0.277 e. The van der Waals surface area contributed by atoms with Gasteiger partial charge in [-0.1, -0.05) is 0 Å². The zero-order valence-electron chi connectivity index (χ0n) is 7.52. The van der Waals surface area contributed by atoms with E-state index >= 15 is 0 Å². The van der Waals surface area contributed by atoms with Gasteiger partial charge in [-0.25, -0.2) is 0 Å². The molecule has 0 aliphatic carbocycles. The second-order valence-electron chi connectivity index (χ2n) is 2.71. The van der Waals surface area contributed by atoms with Gasteiger partial charge >= 0.3 is 30.3 Å². The van der Waals surface area contributed by atoms with E-state index in [0.717, 1.165) is 25.2 Å². The molecule has 0 aromatic carbocycles. The van der Waals surface area contributed by atoms with Crippen molar-refractivity contribution >= 4 is 20.2 Å². The molecule has 1 aromatic heterocycles. The summed E-state index contributed by atoms with van der Waals surface area (Å²) in [4.78, 5) is 0. The standard InChI is InChI=1S/C6H7NO6S2/c1-7-5(14(8,9)10)3-2-4-6(7)15(11,12)13/h2-4H,1H3,(H-,8,9,10,11,12,13)/p+1. The first kappa shape index (κ1) is 12.0. The molecule has 1 rings (SSSR count). The molecule has 7 nitrogen and oxygen atoms in total. The quantitative estimate of drug-likeness (QED) is 0.517. The zero-order valence-corrected chi connectivity index (χ0v) is 9.16. The van der Waals surface area contributed by atoms with Crippen molar-refractivity contribution in [1.82, 2.24) is 0 Å². The van der Waals surface area contributed by atoms with Crippen molar-refractivity contribution in [2.45, 2.75) is 10.1 Å². The maximum absolute atomic E-state index is 10.8. The maximum atomic E-state index is 10.8. The van der Waals surface area contributed by atoms with Gasteiger partial charge in [0.15, 0.2) is 0 Å². The van der Waals surface area contributed by atoms with Gasteiger partial charge in [-0.15, -0.1) is 0 Å². The molecular formula is C6H8NO6S2+. The average Bonchev–Trinajstić information content (AvgIpc) is 1.99. The summed E-state index contributed by atoms with van der Waals surface area (Å²) in [6, 6.07) is 3.10. The van der Waals surface area contributed by atoms with Crippen LogP contribution in [-0.2, 0) is 27.3 Å². The lowest BCUT2D eigenvalue weighted by Gasteiger charge is -1.99. The van der Waals surface area contributed by atoms with Crippen LogP contribution in [0.25, 0.3) is 0 Å². The Morgan fingerprint density at radius 1 is 1.00 bits per heavy atom. The van der Waals surface area contributed by atoms with Gasteiger partial charge in [0.25, 0.3) is 0 Å². The molecule has 0 fully saturated rings. The first-order chi connectivity index (χ1) is 6.64. The molecule has 9 heteroatoms. The van der Waals surface area contributed by atoms with Gasteiger partial charge < -0.3 is 0 Å². The van der Waals surface area contributed by atoms with Crippen LogP contribution in [0, 0.1) is 0 Å². The van der Waals surface area contributed by atoms with Crippen molar-refractivity contribution in [3.63, 3.8) is 0 Å². The molecule has 0 atom stereocenters. The molecule has 0 saturated carbocycles. The molecule has 0 aliphatic heterocycles. The molecule has 15 heavy (non-hydrogen) atoms. The molecule has 0 bridgehead atoms. The van der Waals surface area contributed by atoms with E-state index < -0.39 is 30.3 Å². The Hall–Kier alpha value is -1.03. The van der Waals surface area contributed by atoms with Crippen LogP contribution in [0.4, 0.5) is 0 Å². The lowest BCUT2D eigenvalue weighted by Crippen LogP contribution is -2.40. The Morgan fingerprint density at radius 3 is 1.60 bits per heavy atom. The summed E-state index contributed by atoms with van der Waals surface area (Å²) < 4.78 is 61.3. The Kier molecular flexibility index (Phi) is 2.83. The Labute approximate surface area is 86.5 Å². The lowest BCUT2D eigenvalue weighted by molar-refractivity contribution is -0.747. The SMILES string of the molecule is C[n+]1c(S(=O)(=O)O)cccc1S(=O)(=O)O. The molecule has 0 spiro atoms. The van der Waals surface area contributed by atoms with Crippen molar-refractivity contribution in [1.29, 1.82) is 0 Å². The molecule has 0 unspecified atom stereocenters. The van der Waals surface area contributed by atoms with Crippen LogP contribution in [0.2, 0.25) is 0 Å². The molecule has 0 radical (unpaired) electrons. The van der Waals surface area contributed by atoms with E-state index in [9.17, 15) is 16.8 Å². The normalized spacial score (nSPS) is 12.7. The van der Waals surface area contributed by atoms with Gasteiger partial charge in [-0.2, -0.15) is 21.4 Å². The summed E-state index contributed by atoms with van der Waals surface area (Å²) in [6.07, 6.45) is 0. The number of pyridine rings is 1. The molecule has 0 saturated heterocycles. The van der Waals surface area contributed by atoms with Crippen LogP contribution in [0.5, 0.6) is 0 Å². The molecule has 1 aromatic rings. The van der Waals surface area contributed by atoms with Crippen molar-refractivity contribution < 1.29 is 30.5 Å². The van der Waals surface area contributed by atoms with Gasteiger partial charge in [0.2, 0.25) is 0 Å². The number of aromatic nitrogens is 1. The minimum Gasteiger partial charge on any atom is -0.277 e. The van der Waals surface area contributed by atoms with Crippen LogP contribution >= 0.6 is 0 Å². The highest BCUT2D eigenvalue weighted by Gasteiger charge is 2.29. The minimum atomic E-state index is -4.53. The lowest BCUT2D eigenvalue weighted by atomic mass is 10.5. The summed E-state index contributed by atoms with van der Waals surface area (Å²) in [5, 5.41) is -1.25. The van der Waals surface area contributed by atoms with Crippen molar-refractivity contribution in [2.24, 2.45) is 7.05 Å². The third-order valence-electron chi connectivity index (χ3n) is 1.67. The number of hydrogen-bond acceptors (Lipinski definition) is 4. The van der Waals surface area contributed by atoms with Gasteiger partial charge in [-0.05, 0) is 6.07 Å². The zero-order chi connectivity index (χ0) is 11.9.